The second-order valence-electron chi connectivity index (χ2n) is 7.72. The molecule has 1 heterocycles. The molecule has 1 aliphatic carbocycles. The second kappa shape index (κ2) is 8.43. The van der Waals surface area contributed by atoms with E-state index in [2.05, 4.69) is 11.4 Å². The SMILES string of the molecule is C[C@@](C#N)(NC(=O)C[NH+]1CCN(S(=O)(=O)/C=C/c2ccccc2)CC1)C1CC1. The number of nitriles is 1. The maximum absolute atomic E-state index is 12.5. The van der Waals surface area contributed by atoms with E-state index in [1.807, 2.05) is 30.3 Å². The monoisotopic (exact) mass is 403 g/mol. The summed E-state index contributed by atoms with van der Waals surface area (Å²) >= 11 is 0. The third-order valence-corrected chi connectivity index (χ3v) is 7.02. The molecule has 7 nitrogen and oxygen atoms in total. The van der Waals surface area contributed by atoms with E-state index in [0.29, 0.717) is 26.2 Å². The average Bonchev–Trinajstić information content (AvgIpc) is 3.53. The minimum atomic E-state index is -3.47. The molecule has 1 aromatic carbocycles. The molecule has 8 heteroatoms. The Bertz CT molecular complexity index is 866. The molecule has 150 valence electrons. The van der Waals surface area contributed by atoms with Crippen LogP contribution in [0.4, 0.5) is 0 Å². The van der Waals surface area contributed by atoms with E-state index in [1.54, 1.807) is 13.0 Å². The zero-order chi connectivity index (χ0) is 20.2. The number of nitrogens with one attached hydrogen (secondary N) is 2. The summed E-state index contributed by atoms with van der Waals surface area (Å²) in [6, 6.07) is 11.5. The Morgan fingerprint density at radius 3 is 2.54 bits per heavy atom. The van der Waals surface area contributed by atoms with Crippen LogP contribution in [0, 0.1) is 17.2 Å². The van der Waals surface area contributed by atoms with E-state index >= 15 is 0 Å². The molecule has 0 unspecified atom stereocenters. The predicted molar refractivity (Wildman–Crippen MR) is 106 cm³/mol. The lowest BCUT2D eigenvalue weighted by molar-refractivity contribution is -0.895. The molecule has 3 rings (SSSR count). The van der Waals surface area contributed by atoms with Crippen molar-refractivity contribution in [1.82, 2.24) is 9.62 Å². The quantitative estimate of drug-likeness (QED) is 0.670. The van der Waals surface area contributed by atoms with Gasteiger partial charge in [-0.1, -0.05) is 30.3 Å². The molecule has 1 saturated carbocycles. The maximum atomic E-state index is 12.5. The third-order valence-electron chi connectivity index (χ3n) is 5.46. The highest BCUT2D eigenvalue weighted by Gasteiger charge is 2.43. The Morgan fingerprint density at radius 2 is 1.96 bits per heavy atom. The van der Waals surface area contributed by atoms with Crippen LogP contribution in [-0.2, 0) is 14.8 Å². The summed E-state index contributed by atoms with van der Waals surface area (Å²) in [6.45, 7) is 3.93. The Kier molecular flexibility index (Phi) is 6.18. The number of hydrogen-bond acceptors (Lipinski definition) is 4. The highest BCUT2D eigenvalue weighted by molar-refractivity contribution is 7.92. The Hall–Kier alpha value is -2.21. The highest BCUT2D eigenvalue weighted by Crippen LogP contribution is 2.39. The number of carbonyl (C=O) groups is 1. The molecule has 0 aromatic heterocycles. The molecule has 2 N–H and O–H groups in total. The van der Waals surface area contributed by atoms with E-state index in [9.17, 15) is 18.5 Å². The fourth-order valence-corrected chi connectivity index (χ4v) is 4.68. The van der Waals surface area contributed by atoms with Gasteiger partial charge >= 0.3 is 0 Å². The Labute approximate surface area is 166 Å². The lowest BCUT2D eigenvalue weighted by Gasteiger charge is -2.31. The second-order valence-corrected chi connectivity index (χ2v) is 9.54. The number of amides is 1. The molecule has 1 amide bonds. The molecular weight excluding hydrogens is 376 g/mol. The maximum Gasteiger partial charge on any atom is 0.276 e. The van der Waals surface area contributed by atoms with Crippen LogP contribution in [0.25, 0.3) is 6.08 Å². The van der Waals surface area contributed by atoms with Gasteiger partial charge in [-0.2, -0.15) is 9.57 Å². The predicted octanol–water partition coefficient (Wildman–Crippen LogP) is -0.00392. The first kappa shape index (κ1) is 20.5. The smallest absolute Gasteiger partial charge is 0.276 e. The van der Waals surface area contributed by atoms with Gasteiger partial charge in [0.15, 0.2) is 6.54 Å². The minimum absolute atomic E-state index is 0.147. The molecular formula is C20H27N4O3S+. The Morgan fingerprint density at radius 1 is 1.32 bits per heavy atom. The highest BCUT2D eigenvalue weighted by atomic mass is 32.2. The van der Waals surface area contributed by atoms with Gasteiger partial charge in [0.2, 0.25) is 10.0 Å². The molecule has 28 heavy (non-hydrogen) atoms. The van der Waals surface area contributed by atoms with Crippen molar-refractivity contribution in [3.05, 3.63) is 41.3 Å². The fraction of sp³-hybridized carbons (Fsp3) is 0.500. The van der Waals surface area contributed by atoms with Crippen molar-refractivity contribution in [1.29, 1.82) is 5.26 Å². The molecule has 0 spiro atoms. The number of hydrogen-bond donors (Lipinski definition) is 2. The summed E-state index contributed by atoms with van der Waals surface area (Å²) in [7, 11) is -3.47. The molecule has 0 radical (unpaired) electrons. The zero-order valence-electron chi connectivity index (χ0n) is 16.1. The van der Waals surface area contributed by atoms with Crippen molar-refractivity contribution in [2.75, 3.05) is 32.7 Å². The van der Waals surface area contributed by atoms with E-state index in [1.165, 1.54) is 9.71 Å². The van der Waals surface area contributed by atoms with Gasteiger partial charge in [-0.3, -0.25) is 4.79 Å². The van der Waals surface area contributed by atoms with Crippen LogP contribution in [0.3, 0.4) is 0 Å². The molecule has 1 saturated heterocycles. The summed E-state index contributed by atoms with van der Waals surface area (Å²) in [5.74, 6) is 0.0982. The largest absolute Gasteiger partial charge is 0.333 e. The number of quaternary nitrogens is 1. The summed E-state index contributed by atoms with van der Waals surface area (Å²) in [4.78, 5) is 13.4. The van der Waals surface area contributed by atoms with E-state index in [-0.39, 0.29) is 18.4 Å². The molecule has 1 aromatic rings. The lowest BCUT2D eigenvalue weighted by Crippen LogP contribution is -3.16. The van der Waals surface area contributed by atoms with E-state index in [4.69, 9.17) is 0 Å². The summed E-state index contributed by atoms with van der Waals surface area (Å²) in [5.41, 5.74) is 0.0485. The number of sulfonamides is 1. The van der Waals surface area contributed by atoms with Crippen LogP contribution >= 0.6 is 0 Å². The normalized spacial score (nSPS) is 21.1. The van der Waals surface area contributed by atoms with Crippen molar-refractivity contribution in [2.24, 2.45) is 5.92 Å². The molecule has 1 aliphatic heterocycles. The van der Waals surface area contributed by atoms with Gasteiger partial charge in [-0.25, -0.2) is 8.42 Å². The number of rotatable bonds is 7. The number of carbonyl (C=O) groups excluding carboxylic acids is 1. The van der Waals surface area contributed by atoms with E-state index in [0.717, 1.165) is 23.3 Å². The molecule has 2 fully saturated rings. The summed E-state index contributed by atoms with van der Waals surface area (Å²) in [6.07, 6.45) is 3.55. The fourth-order valence-electron chi connectivity index (χ4n) is 3.49. The lowest BCUT2D eigenvalue weighted by atomic mass is 9.98. The van der Waals surface area contributed by atoms with Crippen molar-refractivity contribution < 1.29 is 18.1 Å². The molecule has 1 atom stereocenters. The number of benzene rings is 1. The van der Waals surface area contributed by atoms with Gasteiger partial charge in [-0.05, 0) is 37.3 Å². The molecule has 0 bridgehead atoms. The summed E-state index contributed by atoms with van der Waals surface area (Å²) < 4.78 is 26.5. The van der Waals surface area contributed by atoms with Gasteiger partial charge < -0.3 is 10.2 Å². The first-order valence-corrected chi connectivity index (χ1v) is 11.1. The van der Waals surface area contributed by atoms with Gasteiger partial charge in [0.05, 0.1) is 32.2 Å². The van der Waals surface area contributed by atoms with Gasteiger partial charge in [0, 0.05) is 5.41 Å². The van der Waals surface area contributed by atoms with Crippen LogP contribution in [0.5, 0.6) is 0 Å². The standard InChI is InChI=1S/C20H26N4O3S/c1-20(16-21,18-7-8-18)22-19(25)15-23-10-12-24(13-11-23)28(26,27)14-9-17-5-3-2-4-6-17/h2-6,9,14,18H,7-8,10-13,15H2,1H3,(H,22,25)/p+1/b14-9+/t20-/m0/s1. The Balaban J connectivity index is 1.49. The van der Waals surface area contributed by atoms with Crippen molar-refractivity contribution in [3.8, 4) is 6.07 Å². The van der Waals surface area contributed by atoms with E-state index < -0.39 is 15.6 Å². The van der Waals surface area contributed by atoms with Crippen LogP contribution in [0.2, 0.25) is 0 Å². The van der Waals surface area contributed by atoms with Gasteiger partial charge in [0.1, 0.15) is 5.54 Å². The van der Waals surface area contributed by atoms with Crippen molar-refractivity contribution in [2.45, 2.75) is 25.3 Å². The van der Waals surface area contributed by atoms with Crippen LogP contribution in [0.15, 0.2) is 35.7 Å². The first-order chi connectivity index (χ1) is 13.3. The van der Waals surface area contributed by atoms with Gasteiger partial charge in [-0.15, -0.1) is 0 Å². The number of nitrogens with zero attached hydrogens (tertiary/aromatic N) is 2. The number of piperazine rings is 1. The third kappa shape index (κ3) is 5.19. The van der Waals surface area contributed by atoms with Gasteiger partial charge in [0.25, 0.3) is 5.91 Å². The van der Waals surface area contributed by atoms with Crippen LogP contribution in [0.1, 0.15) is 25.3 Å². The zero-order valence-corrected chi connectivity index (χ0v) is 16.9. The van der Waals surface area contributed by atoms with Crippen molar-refractivity contribution in [3.63, 3.8) is 0 Å². The topological polar surface area (TPSA) is 94.7 Å². The van der Waals surface area contributed by atoms with Crippen molar-refractivity contribution >= 4 is 22.0 Å². The van der Waals surface area contributed by atoms with Crippen LogP contribution < -0.4 is 10.2 Å². The van der Waals surface area contributed by atoms with Crippen LogP contribution in [-0.4, -0.2) is 56.9 Å². The molecule has 2 aliphatic rings. The minimum Gasteiger partial charge on any atom is -0.333 e. The average molecular weight is 404 g/mol. The first-order valence-electron chi connectivity index (χ1n) is 9.61. The summed E-state index contributed by atoms with van der Waals surface area (Å²) in [5, 5.41) is 13.5.